The molecule has 1 aromatic carbocycles. The molecule has 0 aliphatic carbocycles. The maximum absolute atomic E-state index is 13.7. The summed E-state index contributed by atoms with van der Waals surface area (Å²) in [6, 6.07) is 12.3. The van der Waals surface area contributed by atoms with E-state index in [2.05, 4.69) is 20.6 Å². The summed E-state index contributed by atoms with van der Waals surface area (Å²) >= 11 is 0. The lowest BCUT2D eigenvalue weighted by Crippen LogP contribution is -2.44. The summed E-state index contributed by atoms with van der Waals surface area (Å²) in [6.07, 6.45) is 2.44. The largest absolute Gasteiger partial charge is 0.357 e. The van der Waals surface area contributed by atoms with Crippen LogP contribution in [0.2, 0.25) is 0 Å². The molecule has 0 saturated heterocycles. The summed E-state index contributed by atoms with van der Waals surface area (Å²) in [5.41, 5.74) is 1.46. The lowest BCUT2D eigenvalue weighted by molar-refractivity contribution is -0.128. The number of aliphatic imine (C=N–C) groups is 1. The second-order valence-electron chi connectivity index (χ2n) is 6.03. The first-order valence-electron chi connectivity index (χ1n) is 8.99. The fourth-order valence-electron chi connectivity index (χ4n) is 2.38. The van der Waals surface area contributed by atoms with Crippen molar-refractivity contribution in [2.24, 2.45) is 4.99 Å². The van der Waals surface area contributed by atoms with E-state index in [0.717, 1.165) is 5.69 Å². The molecule has 1 aromatic heterocycles. The van der Waals surface area contributed by atoms with Crippen molar-refractivity contribution in [1.82, 2.24) is 20.5 Å². The number of halogens is 2. The number of nitrogens with one attached hydrogen (secondary N) is 2. The van der Waals surface area contributed by atoms with Gasteiger partial charge in [-0.1, -0.05) is 24.3 Å². The highest BCUT2D eigenvalue weighted by Crippen LogP contribution is 2.07. The van der Waals surface area contributed by atoms with Gasteiger partial charge in [0.25, 0.3) is 0 Å². The van der Waals surface area contributed by atoms with Crippen molar-refractivity contribution in [2.75, 3.05) is 26.7 Å². The first-order chi connectivity index (χ1) is 13.1. The molecule has 2 N–H and O–H groups in total. The normalized spacial score (nSPS) is 10.8. The standard InChI is InChI=1S/C20H26FN5O.HI/c1-3-22-20(24-14-16-8-4-5-10-18(16)21)25-15-19(27)26(2)13-11-17-9-6-7-12-23-17;/h4-10,12H,3,11,13-15H2,1-2H3,(H2,22,24,25);1H. The molecule has 152 valence electrons. The van der Waals surface area contributed by atoms with Gasteiger partial charge in [0, 0.05) is 44.0 Å². The van der Waals surface area contributed by atoms with E-state index in [9.17, 15) is 9.18 Å². The molecule has 0 atom stereocenters. The second-order valence-corrected chi connectivity index (χ2v) is 6.03. The van der Waals surface area contributed by atoms with Crippen molar-refractivity contribution in [1.29, 1.82) is 0 Å². The minimum absolute atomic E-state index is 0. The Morgan fingerprint density at radius 3 is 2.61 bits per heavy atom. The Bertz CT molecular complexity index is 757. The lowest BCUT2D eigenvalue weighted by atomic mass is 10.2. The minimum Gasteiger partial charge on any atom is -0.357 e. The minimum atomic E-state index is -0.289. The summed E-state index contributed by atoms with van der Waals surface area (Å²) in [5, 5.41) is 6.06. The molecule has 2 rings (SSSR count). The number of carbonyl (C=O) groups excluding carboxylic acids is 1. The van der Waals surface area contributed by atoms with Crippen molar-refractivity contribution in [3.8, 4) is 0 Å². The van der Waals surface area contributed by atoms with Crippen LogP contribution in [0.15, 0.2) is 53.7 Å². The average molecular weight is 499 g/mol. The van der Waals surface area contributed by atoms with Gasteiger partial charge in [0.2, 0.25) is 5.91 Å². The number of likely N-dealkylation sites (N-methyl/N-ethyl adjacent to an activating group) is 1. The van der Waals surface area contributed by atoms with Gasteiger partial charge in [0.1, 0.15) is 5.82 Å². The Labute approximate surface area is 182 Å². The number of carbonyl (C=O) groups is 1. The maximum Gasteiger partial charge on any atom is 0.241 e. The molecule has 0 saturated carbocycles. The number of pyridine rings is 1. The molecule has 1 heterocycles. The molecule has 28 heavy (non-hydrogen) atoms. The maximum atomic E-state index is 13.7. The van der Waals surface area contributed by atoms with Crippen molar-refractivity contribution in [2.45, 2.75) is 19.9 Å². The molecule has 6 nitrogen and oxygen atoms in total. The Morgan fingerprint density at radius 2 is 1.93 bits per heavy atom. The van der Waals surface area contributed by atoms with Gasteiger partial charge in [-0.15, -0.1) is 24.0 Å². The fraction of sp³-hybridized carbons (Fsp3) is 0.350. The lowest BCUT2D eigenvalue weighted by Gasteiger charge is -2.18. The molecule has 8 heteroatoms. The molecular formula is C20H27FIN5O. The third-order valence-electron chi connectivity index (χ3n) is 3.97. The summed E-state index contributed by atoms with van der Waals surface area (Å²) in [7, 11) is 1.76. The van der Waals surface area contributed by atoms with Crippen LogP contribution in [-0.4, -0.2) is 48.4 Å². The van der Waals surface area contributed by atoms with E-state index >= 15 is 0 Å². The first kappa shape index (κ1) is 23.8. The van der Waals surface area contributed by atoms with E-state index in [1.165, 1.54) is 6.07 Å². The van der Waals surface area contributed by atoms with Crippen LogP contribution >= 0.6 is 24.0 Å². The topological polar surface area (TPSA) is 69.6 Å². The number of hydrogen-bond acceptors (Lipinski definition) is 3. The quantitative estimate of drug-likeness (QED) is 0.333. The third kappa shape index (κ3) is 8.20. The molecule has 0 aliphatic heterocycles. The predicted molar refractivity (Wildman–Crippen MR) is 120 cm³/mol. The molecule has 0 radical (unpaired) electrons. The molecule has 0 aliphatic rings. The van der Waals surface area contributed by atoms with E-state index in [-0.39, 0.29) is 48.8 Å². The number of benzene rings is 1. The van der Waals surface area contributed by atoms with Gasteiger partial charge < -0.3 is 15.5 Å². The van der Waals surface area contributed by atoms with Crippen LogP contribution in [0.5, 0.6) is 0 Å². The van der Waals surface area contributed by atoms with Gasteiger partial charge in [-0.3, -0.25) is 9.78 Å². The highest BCUT2D eigenvalue weighted by molar-refractivity contribution is 14.0. The summed E-state index contributed by atoms with van der Waals surface area (Å²) in [5.74, 6) is 0.136. The molecule has 0 unspecified atom stereocenters. The Morgan fingerprint density at radius 1 is 1.18 bits per heavy atom. The second kappa shape index (κ2) is 13.0. The number of hydrogen-bond donors (Lipinski definition) is 2. The first-order valence-corrected chi connectivity index (χ1v) is 8.99. The fourth-order valence-corrected chi connectivity index (χ4v) is 2.38. The monoisotopic (exact) mass is 499 g/mol. The molecule has 2 aromatic rings. The smallest absolute Gasteiger partial charge is 0.241 e. The van der Waals surface area contributed by atoms with E-state index in [1.807, 2.05) is 25.1 Å². The van der Waals surface area contributed by atoms with Crippen molar-refractivity contribution in [3.05, 3.63) is 65.7 Å². The zero-order valence-electron chi connectivity index (χ0n) is 16.2. The van der Waals surface area contributed by atoms with E-state index in [1.54, 1.807) is 36.3 Å². The van der Waals surface area contributed by atoms with Crippen LogP contribution in [0.3, 0.4) is 0 Å². The zero-order valence-corrected chi connectivity index (χ0v) is 18.5. The van der Waals surface area contributed by atoms with Gasteiger partial charge in [0.05, 0.1) is 13.1 Å². The molecule has 0 fully saturated rings. The zero-order chi connectivity index (χ0) is 19.5. The van der Waals surface area contributed by atoms with Gasteiger partial charge >= 0.3 is 0 Å². The van der Waals surface area contributed by atoms with Crippen LogP contribution in [0, 0.1) is 5.82 Å². The number of rotatable bonds is 8. The van der Waals surface area contributed by atoms with Gasteiger partial charge in [0.15, 0.2) is 5.96 Å². The van der Waals surface area contributed by atoms with Gasteiger partial charge in [-0.25, -0.2) is 9.38 Å². The Balaban J connectivity index is 0.00000392. The van der Waals surface area contributed by atoms with Crippen LogP contribution in [0.4, 0.5) is 4.39 Å². The number of nitrogens with zero attached hydrogens (tertiary/aromatic N) is 3. The molecular weight excluding hydrogens is 472 g/mol. The van der Waals surface area contributed by atoms with Crippen molar-refractivity contribution < 1.29 is 9.18 Å². The van der Waals surface area contributed by atoms with Crippen molar-refractivity contribution >= 4 is 35.8 Å². The summed E-state index contributed by atoms with van der Waals surface area (Å²) in [4.78, 5) is 22.6. The van der Waals surface area contributed by atoms with Crippen LogP contribution < -0.4 is 10.6 Å². The molecule has 0 spiro atoms. The third-order valence-corrected chi connectivity index (χ3v) is 3.97. The molecule has 0 bridgehead atoms. The van der Waals surface area contributed by atoms with Crippen molar-refractivity contribution in [3.63, 3.8) is 0 Å². The van der Waals surface area contributed by atoms with Gasteiger partial charge in [-0.05, 0) is 25.1 Å². The summed E-state index contributed by atoms with van der Waals surface area (Å²) < 4.78 is 13.7. The highest BCUT2D eigenvalue weighted by Gasteiger charge is 2.10. The Hall–Kier alpha value is -2.23. The van der Waals surface area contributed by atoms with E-state index in [4.69, 9.17) is 0 Å². The summed E-state index contributed by atoms with van der Waals surface area (Å²) in [6.45, 7) is 3.47. The van der Waals surface area contributed by atoms with Crippen LogP contribution in [0.25, 0.3) is 0 Å². The number of aromatic nitrogens is 1. The number of guanidine groups is 1. The van der Waals surface area contributed by atoms with E-state index in [0.29, 0.717) is 31.0 Å². The SMILES string of the molecule is CCNC(=NCc1ccccc1F)NCC(=O)N(C)CCc1ccccn1.I. The molecule has 1 amide bonds. The van der Waals surface area contributed by atoms with Crippen LogP contribution in [0.1, 0.15) is 18.2 Å². The Kier molecular flexibility index (Phi) is 11.1. The van der Waals surface area contributed by atoms with Gasteiger partial charge in [-0.2, -0.15) is 0 Å². The van der Waals surface area contributed by atoms with Crippen LogP contribution in [-0.2, 0) is 17.8 Å². The number of amides is 1. The van der Waals surface area contributed by atoms with E-state index < -0.39 is 0 Å². The average Bonchev–Trinajstić information content (AvgIpc) is 2.69. The highest BCUT2D eigenvalue weighted by atomic mass is 127. The predicted octanol–water partition coefficient (Wildman–Crippen LogP) is 2.59.